The van der Waals surface area contributed by atoms with E-state index in [1.54, 1.807) is 11.3 Å². The molecule has 2 heterocycles. The molecule has 2 aromatic rings. The molecule has 4 heteroatoms. The Morgan fingerprint density at radius 3 is 2.73 bits per heavy atom. The van der Waals surface area contributed by atoms with Crippen molar-refractivity contribution in [2.24, 2.45) is 0 Å². The van der Waals surface area contributed by atoms with Crippen LogP contribution in [0.3, 0.4) is 0 Å². The summed E-state index contributed by atoms with van der Waals surface area (Å²) in [7, 11) is 0. The van der Waals surface area contributed by atoms with Gasteiger partial charge in [0.1, 0.15) is 12.1 Å². The highest BCUT2D eigenvalue weighted by molar-refractivity contribution is 7.08. The average Bonchev–Trinajstić information content (AvgIpc) is 2.69. The van der Waals surface area contributed by atoms with Gasteiger partial charge in [-0.25, -0.2) is 9.97 Å². The number of nitrogens with two attached hydrogens (primary N) is 1. The Bertz CT molecular complexity index is 449. The lowest BCUT2D eigenvalue weighted by atomic mass is 9.99. The third-order valence-corrected chi connectivity index (χ3v) is 2.97. The van der Waals surface area contributed by atoms with Gasteiger partial charge in [0, 0.05) is 16.5 Å². The number of anilines is 1. The van der Waals surface area contributed by atoms with Gasteiger partial charge in [0.05, 0.1) is 5.69 Å². The lowest BCUT2D eigenvalue weighted by Gasteiger charge is -2.12. The van der Waals surface area contributed by atoms with Crippen LogP contribution in [0.2, 0.25) is 0 Å². The molecule has 78 valence electrons. The maximum absolute atomic E-state index is 5.88. The van der Waals surface area contributed by atoms with E-state index in [0.717, 1.165) is 16.8 Å². The van der Waals surface area contributed by atoms with Crippen molar-refractivity contribution in [2.75, 3.05) is 5.73 Å². The lowest BCUT2D eigenvalue weighted by molar-refractivity contribution is 0.855. The number of nitrogens with zero attached hydrogens (tertiary/aromatic N) is 2. The predicted molar refractivity (Wildman–Crippen MR) is 63.8 cm³/mol. The van der Waals surface area contributed by atoms with Gasteiger partial charge in [-0.2, -0.15) is 11.3 Å². The molecule has 15 heavy (non-hydrogen) atoms. The van der Waals surface area contributed by atoms with Crippen LogP contribution in [0.5, 0.6) is 0 Å². The molecule has 0 saturated heterocycles. The van der Waals surface area contributed by atoms with E-state index >= 15 is 0 Å². The fraction of sp³-hybridized carbons (Fsp3) is 0.273. The SMILES string of the molecule is CC(C)c1c(N)ncnc1-c1ccsc1. The van der Waals surface area contributed by atoms with Crippen LogP contribution < -0.4 is 5.73 Å². The number of aromatic nitrogens is 2. The minimum atomic E-state index is 0.334. The first-order valence-corrected chi connectivity index (χ1v) is 5.77. The smallest absolute Gasteiger partial charge is 0.130 e. The molecule has 0 atom stereocenters. The first kappa shape index (κ1) is 10.1. The van der Waals surface area contributed by atoms with Crippen molar-refractivity contribution in [3.8, 4) is 11.3 Å². The Morgan fingerprint density at radius 2 is 2.13 bits per heavy atom. The quantitative estimate of drug-likeness (QED) is 0.845. The number of hydrogen-bond acceptors (Lipinski definition) is 4. The fourth-order valence-electron chi connectivity index (χ4n) is 1.61. The molecule has 2 aromatic heterocycles. The van der Waals surface area contributed by atoms with Crippen molar-refractivity contribution >= 4 is 17.2 Å². The average molecular weight is 219 g/mol. The van der Waals surface area contributed by atoms with Crippen molar-refractivity contribution in [1.29, 1.82) is 0 Å². The van der Waals surface area contributed by atoms with Gasteiger partial charge in [0.2, 0.25) is 0 Å². The van der Waals surface area contributed by atoms with Crippen LogP contribution in [0.25, 0.3) is 11.3 Å². The molecule has 3 nitrogen and oxygen atoms in total. The van der Waals surface area contributed by atoms with Gasteiger partial charge in [0.15, 0.2) is 0 Å². The van der Waals surface area contributed by atoms with E-state index in [0.29, 0.717) is 11.7 Å². The molecule has 0 radical (unpaired) electrons. The molecule has 0 amide bonds. The monoisotopic (exact) mass is 219 g/mol. The first-order chi connectivity index (χ1) is 7.20. The van der Waals surface area contributed by atoms with E-state index in [4.69, 9.17) is 5.73 Å². The van der Waals surface area contributed by atoms with Gasteiger partial charge in [0.25, 0.3) is 0 Å². The topological polar surface area (TPSA) is 51.8 Å². The zero-order valence-corrected chi connectivity index (χ0v) is 9.58. The summed E-state index contributed by atoms with van der Waals surface area (Å²) in [6.07, 6.45) is 1.52. The van der Waals surface area contributed by atoms with E-state index in [1.165, 1.54) is 6.33 Å². The van der Waals surface area contributed by atoms with E-state index in [2.05, 4.69) is 35.3 Å². The van der Waals surface area contributed by atoms with Crippen molar-refractivity contribution < 1.29 is 0 Å². The van der Waals surface area contributed by atoms with Crippen LogP contribution in [0, 0.1) is 0 Å². The van der Waals surface area contributed by atoms with E-state index < -0.39 is 0 Å². The summed E-state index contributed by atoms with van der Waals surface area (Å²) in [5.41, 5.74) is 9.00. The second-order valence-corrected chi connectivity index (χ2v) is 4.47. The van der Waals surface area contributed by atoms with Gasteiger partial charge >= 0.3 is 0 Å². The van der Waals surface area contributed by atoms with Crippen molar-refractivity contribution in [2.45, 2.75) is 19.8 Å². The second kappa shape index (κ2) is 3.98. The van der Waals surface area contributed by atoms with Crippen LogP contribution in [-0.4, -0.2) is 9.97 Å². The largest absolute Gasteiger partial charge is 0.383 e. The van der Waals surface area contributed by atoms with Gasteiger partial charge in [-0.1, -0.05) is 13.8 Å². The van der Waals surface area contributed by atoms with Crippen LogP contribution in [0.15, 0.2) is 23.2 Å². The standard InChI is InChI=1S/C11H13N3S/c1-7(2)9-10(8-3-4-15-5-8)13-6-14-11(9)12/h3-7H,1-2H3,(H2,12,13,14). The Balaban J connectivity index is 2.61. The summed E-state index contributed by atoms with van der Waals surface area (Å²) in [6, 6.07) is 2.05. The molecule has 0 aromatic carbocycles. The number of hydrogen-bond donors (Lipinski definition) is 1. The van der Waals surface area contributed by atoms with Gasteiger partial charge < -0.3 is 5.73 Å². The Morgan fingerprint density at radius 1 is 1.33 bits per heavy atom. The van der Waals surface area contributed by atoms with Crippen LogP contribution >= 0.6 is 11.3 Å². The fourth-order valence-corrected chi connectivity index (χ4v) is 2.25. The molecule has 0 bridgehead atoms. The molecule has 0 aliphatic rings. The molecular formula is C11H13N3S. The van der Waals surface area contributed by atoms with Crippen molar-refractivity contribution in [3.63, 3.8) is 0 Å². The predicted octanol–water partition coefficient (Wildman–Crippen LogP) is 2.91. The van der Waals surface area contributed by atoms with Gasteiger partial charge in [-0.05, 0) is 17.4 Å². The highest BCUT2D eigenvalue weighted by Gasteiger charge is 2.14. The lowest BCUT2D eigenvalue weighted by Crippen LogP contribution is -2.03. The minimum absolute atomic E-state index is 0.334. The van der Waals surface area contributed by atoms with Crippen LogP contribution in [0.1, 0.15) is 25.3 Å². The second-order valence-electron chi connectivity index (χ2n) is 3.69. The molecule has 0 unspecified atom stereocenters. The molecule has 0 aliphatic carbocycles. The van der Waals surface area contributed by atoms with Crippen LogP contribution in [0.4, 0.5) is 5.82 Å². The summed E-state index contributed by atoms with van der Waals surface area (Å²) >= 11 is 1.66. The van der Waals surface area contributed by atoms with Crippen molar-refractivity contribution in [1.82, 2.24) is 9.97 Å². The summed E-state index contributed by atoms with van der Waals surface area (Å²) in [6.45, 7) is 4.20. The third kappa shape index (κ3) is 1.85. The highest BCUT2D eigenvalue weighted by Crippen LogP contribution is 2.31. The third-order valence-electron chi connectivity index (χ3n) is 2.29. The zero-order chi connectivity index (χ0) is 10.8. The normalized spacial score (nSPS) is 10.9. The van der Waals surface area contributed by atoms with Crippen LogP contribution in [-0.2, 0) is 0 Å². The highest BCUT2D eigenvalue weighted by atomic mass is 32.1. The maximum atomic E-state index is 5.88. The first-order valence-electron chi connectivity index (χ1n) is 4.83. The number of rotatable bonds is 2. The summed E-state index contributed by atoms with van der Waals surface area (Å²) < 4.78 is 0. The summed E-state index contributed by atoms with van der Waals surface area (Å²) in [5.74, 6) is 0.919. The van der Waals surface area contributed by atoms with Gasteiger partial charge in [-0.3, -0.25) is 0 Å². The Labute approximate surface area is 93.0 Å². The van der Waals surface area contributed by atoms with E-state index in [9.17, 15) is 0 Å². The number of thiophene rings is 1. The molecular weight excluding hydrogens is 206 g/mol. The Kier molecular flexibility index (Phi) is 2.68. The molecule has 2 rings (SSSR count). The summed E-state index contributed by atoms with van der Waals surface area (Å²) in [5, 5.41) is 4.12. The van der Waals surface area contributed by atoms with Crippen molar-refractivity contribution in [3.05, 3.63) is 28.7 Å². The zero-order valence-electron chi connectivity index (χ0n) is 8.77. The van der Waals surface area contributed by atoms with Gasteiger partial charge in [-0.15, -0.1) is 0 Å². The molecule has 0 fully saturated rings. The molecule has 0 saturated carbocycles. The maximum Gasteiger partial charge on any atom is 0.130 e. The molecule has 0 spiro atoms. The summed E-state index contributed by atoms with van der Waals surface area (Å²) in [4.78, 5) is 8.36. The van der Waals surface area contributed by atoms with E-state index in [1.807, 2.05) is 5.38 Å². The number of nitrogen functional groups attached to an aromatic ring is 1. The molecule has 2 N–H and O–H groups in total. The minimum Gasteiger partial charge on any atom is -0.383 e. The Hall–Kier alpha value is -1.42. The molecule has 0 aliphatic heterocycles. The van der Waals surface area contributed by atoms with E-state index in [-0.39, 0.29) is 0 Å².